The molecule has 0 saturated carbocycles. The molecule has 158 valence electrons. The molecule has 0 spiro atoms. The Morgan fingerprint density at radius 3 is 2.27 bits per heavy atom. The summed E-state index contributed by atoms with van der Waals surface area (Å²) in [7, 11) is 1.67. The van der Waals surface area contributed by atoms with E-state index in [1.807, 2.05) is 67.6 Å². The molecule has 3 aromatic carbocycles. The van der Waals surface area contributed by atoms with Crippen molar-refractivity contribution in [1.29, 1.82) is 0 Å². The Morgan fingerprint density at radius 2 is 1.53 bits per heavy atom. The van der Waals surface area contributed by atoms with Gasteiger partial charge in [0.2, 0.25) is 0 Å². The highest BCUT2D eigenvalue weighted by molar-refractivity contribution is 6.32. The maximum absolute atomic E-state index is 6.53. The van der Waals surface area contributed by atoms with Gasteiger partial charge in [-0.3, -0.25) is 0 Å². The lowest BCUT2D eigenvalue weighted by molar-refractivity contribution is 0.269. The molecule has 0 aliphatic heterocycles. The van der Waals surface area contributed by atoms with E-state index in [1.165, 1.54) is 0 Å². The fourth-order valence-corrected chi connectivity index (χ4v) is 3.56. The maximum atomic E-state index is 6.53. The zero-order valence-corrected chi connectivity index (χ0v) is 18.6. The van der Waals surface area contributed by atoms with Gasteiger partial charge in [-0.15, -0.1) is 0 Å². The molecule has 0 heterocycles. The summed E-state index contributed by atoms with van der Waals surface area (Å²) in [6.07, 6.45) is 0. The molecule has 0 aliphatic rings. The number of methoxy groups -OCH3 is 1. The Bertz CT molecular complexity index is 978. The average molecular weight is 446 g/mol. The van der Waals surface area contributed by atoms with Crippen molar-refractivity contribution in [2.75, 3.05) is 13.7 Å². The van der Waals surface area contributed by atoms with Gasteiger partial charge in [-0.05, 0) is 36.8 Å². The minimum atomic E-state index is 0.310. The topological polar surface area (TPSA) is 39.7 Å². The van der Waals surface area contributed by atoms with Crippen LogP contribution in [-0.4, -0.2) is 13.7 Å². The van der Waals surface area contributed by atoms with Gasteiger partial charge in [0.15, 0.2) is 11.5 Å². The minimum absolute atomic E-state index is 0.310. The highest BCUT2D eigenvalue weighted by atomic mass is 35.5. The van der Waals surface area contributed by atoms with Crippen LogP contribution >= 0.6 is 23.2 Å². The normalized spacial score (nSPS) is 10.7. The molecule has 30 heavy (non-hydrogen) atoms. The van der Waals surface area contributed by atoms with E-state index in [0.717, 1.165) is 22.4 Å². The summed E-state index contributed by atoms with van der Waals surface area (Å²) in [5.74, 6) is 2.00. The molecule has 0 aliphatic carbocycles. The van der Waals surface area contributed by atoms with Crippen molar-refractivity contribution >= 4 is 23.2 Å². The fraction of sp³-hybridized carbons (Fsp3) is 0.250. The van der Waals surface area contributed by atoms with Gasteiger partial charge in [0.25, 0.3) is 0 Å². The summed E-state index contributed by atoms with van der Waals surface area (Å²) in [6.45, 7) is 4.05. The van der Waals surface area contributed by atoms with Gasteiger partial charge < -0.3 is 19.5 Å². The first-order chi connectivity index (χ1) is 14.6. The Morgan fingerprint density at radius 1 is 0.800 bits per heavy atom. The number of hydrogen-bond donors (Lipinski definition) is 1. The average Bonchev–Trinajstić information content (AvgIpc) is 2.75. The van der Waals surface area contributed by atoms with E-state index in [4.69, 9.17) is 37.4 Å². The third-order valence-corrected chi connectivity index (χ3v) is 5.19. The van der Waals surface area contributed by atoms with Gasteiger partial charge in [0, 0.05) is 29.2 Å². The van der Waals surface area contributed by atoms with Gasteiger partial charge in [0.05, 0.1) is 18.7 Å². The Kier molecular flexibility index (Phi) is 8.26. The van der Waals surface area contributed by atoms with Crippen LogP contribution in [0.25, 0.3) is 0 Å². The van der Waals surface area contributed by atoms with Crippen molar-refractivity contribution in [2.24, 2.45) is 0 Å². The first-order valence-corrected chi connectivity index (χ1v) is 10.5. The number of ether oxygens (including phenoxy) is 3. The van der Waals surface area contributed by atoms with Crippen LogP contribution in [-0.2, 0) is 19.7 Å². The minimum Gasteiger partial charge on any atom is -0.496 e. The van der Waals surface area contributed by atoms with Crippen molar-refractivity contribution in [2.45, 2.75) is 26.6 Å². The smallest absolute Gasteiger partial charge is 0.180 e. The number of rotatable bonds is 10. The summed E-state index contributed by atoms with van der Waals surface area (Å²) in [5, 5.41) is 4.58. The lowest BCUT2D eigenvalue weighted by atomic mass is 10.1. The van der Waals surface area contributed by atoms with Crippen molar-refractivity contribution in [3.05, 3.63) is 87.4 Å². The van der Waals surface area contributed by atoms with Crippen LogP contribution in [0.1, 0.15) is 23.6 Å². The summed E-state index contributed by atoms with van der Waals surface area (Å²) in [6, 6.07) is 19.3. The van der Waals surface area contributed by atoms with E-state index in [0.29, 0.717) is 47.8 Å². The van der Waals surface area contributed by atoms with Crippen molar-refractivity contribution in [3.63, 3.8) is 0 Å². The zero-order chi connectivity index (χ0) is 21.3. The highest BCUT2D eigenvalue weighted by Gasteiger charge is 2.14. The van der Waals surface area contributed by atoms with Crippen molar-refractivity contribution < 1.29 is 14.2 Å². The maximum Gasteiger partial charge on any atom is 0.180 e. The quantitative estimate of drug-likeness (QED) is 0.399. The van der Waals surface area contributed by atoms with E-state index in [2.05, 4.69) is 5.32 Å². The second-order valence-corrected chi connectivity index (χ2v) is 7.45. The predicted molar refractivity (Wildman–Crippen MR) is 122 cm³/mol. The number of nitrogens with one attached hydrogen (secondary N) is 1. The molecule has 0 bridgehead atoms. The Hall–Kier alpha value is -2.40. The zero-order valence-electron chi connectivity index (χ0n) is 17.1. The lowest BCUT2D eigenvalue weighted by Gasteiger charge is -2.16. The van der Waals surface area contributed by atoms with E-state index in [-0.39, 0.29) is 0 Å². The van der Waals surface area contributed by atoms with E-state index in [9.17, 15) is 0 Å². The van der Waals surface area contributed by atoms with Gasteiger partial charge >= 0.3 is 0 Å². The summed E-state index contributed by atoms with van der Waals surface area (Å²) < 4.78 is 17.2. The van der Waals surface area contributed by atoms with Crippen LogP contribution < -0.4 is 19.5 Å². The van der Waals surface area contributed by atoms with Gasteiger partial charge in [-0.25, -0.2) is 0 Å². The molecule has 0 saturated heterocycles. The molecule has 0 aromatic heterocycles. The number of benzene rings is 3. The molecule has 3 aromatic rings. The van der Waals surface area contributed by atoms with Crippen molar-refractivity contribution in [1.82, 2.24) is 5.32 Å². The van der Waals surface area contributed by atoms with Crippen LogP contribution in [0.15, 0.2) is 60.7 Å². The second kappa shape index (κ2) is 11.1. The molecule has 0 atom stereocenters. The fourth-order valence-electron chi connectivity index (χ4n) is 3.08. The molecular formula is C24H25Cl2NO3. The molecular weight excluding hydrogens is 421 g/mol. The molecule has 0 unspecified atom stereocenters. The molecule has 0 fully saturated rings. The van der Waals surface area contributed by atoms with Crippen LogP contribution in [0, 0.1) is 0 Å². The first-order valence-electron chi connectivity index (χ1n) is 9.76. The first kappa shape index (κ1) is 22.3. The van der Waals surface area contributed by atoms with Crippen LogP contribution in [0.5, 0.6) is 17.2 Å². The third kappa shape index (κ3) is 5.82. The van der Waals surface area contributed by atoms with Gasteiger partial charge in [-0.2, -0.15) is 0 Å². The third-order valence-electron chi connectivity index (χ3n) is 4.54. The van der Waals surface area contributed by atoms with Crippen LogP contribution in [0.4, 0.5) is 0 Å². The summed E-state index contributed by atoms with van der Waals surface area (Å²) >= 11 is 12.8. The van der Waals surface area contributed by atoms with E-state index in [1.54, 1.807) is 7.11 Å². The van der Waals surface area contributed by atoms with Crippen LogP contribution in [0.2, 0.25) is 10.0 Å². The Balaban J connectivity index is 1.70. The van der Waals surface area contributed by atoms with Crippen LogP contribution in [0.3, 0.4) is 0 Å². The van der Waals surface area contributed by atoms with E-state index >= 15 is 0 Å². The SMILES string of the molecule is CCOc1cc(CNCc2ccccc2OC)cc(Cl)c1OCc1ccccc1Cl. The largest absolute Gasteiger partial charge is 0.496 e. The molecule has 3 rings (SSSR count). The summed E-state index contributed by atoms with van der Waals surface area (Å²) in [5.41, 5.74) is 2.99. The molecule has 1 N–H and O–H groups in total. The van der Waals surface area contributed by atoms with Gasteiger partial charge in [0.1, 0.15) is 12.4 Å². The number of hydrogen-bond acceptors (Lipinski definition) is 4. The molecule has 0 radical (unpaired) electrons. The predicted octanol–water partition coefficient (Wildman–Crippen LogP) is 6.27. The Labute approximate surface area is 187 Å². The monoisotopic (exact) mass is 445 g/mol. The van der Waals surface area contributed by atoms with E-state index < -0.39 is 0 Å². The number of para-hydroxylation sites is 1. The van der Waals surface area contributed by atoms with Crippen molar-refractivity contribution in [3.8, 4) is 17.2 Å². The summed E-state index contributed by atoms with van der Waals surface area (Å²) in [4.78, 5) is 0. The second-order valence-electron chi connectivity index (χ2n) is 6.63. The highest BCUT2D eigenvalue weighted by Crippen LogP contribution is 2.37. The number of halogens is 2. The molecule has 6 heteroatoms. The standard InChI is InChI=1S/C24H25Cl2NO3/c1-3-29-23-13-17(14-27-15-18-8-5-7-11-22(18)28-2)12-21(26)24(23)30-16-19-9-4-6-10-20(19)25/h4-13,27H,3,14-16H2,1-2H3. The molecule has 0 amide bonds. The van der Waals surface area contributed by atoms with Gasteiger partial charge in [-0.1, -0.05) is 59.6 Å². The lowest BCUT2D eigenvalue weighted by Crippen LogP contribution is -2.13. The molecule has 4 nitrogen and oxygen atoms in total.